The number of hydrogen-bond donors (Lipinski definition) is 1. The van der Waals surface area contributed by atoms with Crippen LogP contribution in [-0.4, -0.2) is 41.3 Å². The molecule has 0 saturated carbocycles. The van der Waals surface area contributed by atoms with E-state index in [-0.39, 0.29) is 23.6 Å². The predicted octanol–water partition coefficient (Wildman–Crippen LogP) is 2.79. The number of aromatic amines is 1. The molecule has 1 aliphatic rings. The van der Waals surface area contributed by atoms with E-state index >= 15 is 0 Å². The third-order valence-electron chi connectivity index (χ3n) is 5.22. The normalized spacial score (nSPS) is 16.2. The van der Waals surface area contributed by atoms with Crippen molar-refractivity contribution in [2.75, 3.05) is 11.4 Å². The summed E-state index contributed by atoms with van der Waals surface area (Å²) in [5, 5.41) is 12.9. The first-order valence-corrected chi connectivity index (χ1v) is 9.45. The van der Waals surface area contributed by atoms with Crippen LogP contribution in [0.3, 0.4) is 0 Å². The molecule has 1 N–H and O–H groups in total. The Hall–Kier alpha value is -4.08. The molecule has 30 heavy (non-hydrogen) atoms. The molecule has 0 fully saturated rings. The maximum atomic E-state index is 14.1. The molecule has 9 nitrogen and oxygen atoms in total. The molecule has 0 amide bonds. The van der Waals surface area contributed by atoms with Gasteiger partial charge in [-0.05, 0) is 30.3 Å². The lowest BCUT2D eigenvalue weighted by Crippen LogP contribution is -2.36. The van der Waals surface area contributed by atoms with Crippen molar-refractivity contribution in [3.8, 4) is 11.6 Å². The zero-order valence-corrected chi connectivity index (χ0v) is 15.6. The van der Waals surface area contributed by atoms with Crippen molar-refractivity contribution in [1.82, 2.24) is 34.8 Å². The second-order valence-electron chi connectivity index (χ2n) is 6.98. The Labute approximate surface area is 169 Å². The highest BCUT2D eigenvalue weighted by Crippen LogP contribution is 2.37. The van der Waals surface area contributed by atoms with E-state index in [4.69, 9.17) is 9.52 Å². The minimum absolute atomic E-state index is 0.0259. The number of fused-ring (bicyclic) bond motifs is 2. The Morgan fingerprint density at radius 1 is 1.13 bits per heavy atom. The average molecular weight is 402 g/mol. The Kier molecular flexibility index (Phi) is 3.63. The second kappa shape index (κ2) is 6.48. The van der Waals surface area contributed by atoms with Gasteiger partial charge in [0.25, 0.3) is 5.89 Å². The summed E-state index contributed by atoms with van der Waals surface area (Å²) in [7, 11) is 0. The van der Waals surface area contributed by atoms with Crippen molar-refractivity contribution < 1.29 is 8.81 Å². The number of anilines is 1. The highest BCUT2D eigenvalue weighted by molar-refractivity contribution is 5.53. The number of halogens is 1. The number of hydrogen-bond acceptors (Lipinski definition) is 7. The van der Waals surface area contributed by atoms with Crippen LogP contribution in [0.15, 0.2) is 59.5 Å². The number of aromatic nitrogens is 7. The zero-order chi connectivity index (χ0) is 20.1. The SMILES string of the molecule is Fc1cccnc1-c1nnc(N2CCc3[nH]cnc3[C@@H]2c2cc3ccccn3n2)o1. The third kappa shape index (κ3) is 2.57. The van der Waals surface area contributed by atoms with Gasteiger partial charge in [-0.1, -0.05) is 11.2 Å². The number of nitrogens with one attached hydrogen (secondary N) is 1. The van der Waals surface area contributed by atoms with Crippen LogP contribution in [0.2, 0.25) is 0 Å². The second-order valence-corrected chi connectivity index (χ2v) is 6.98. The topological polar surface area (TPSA) is 101 Å². The van der Waals surface area contributed by atoms with Crippen LogP contribution in [0.25, 0.3) is 17.1 Å². The van der Waals surface area contributed by atoms with Crippen LogP contribution in [0, 0.1) is 5.82 Å². The summed E-state index contributed by atoms with van der Waals surface area (Å²) in [6, 6.07) is 10.7. The minimum Gasteiger partial charge on any atom is -0.401 e. The quantitative estimate of drug-likeness (QED) is 0.495. The molecule has 0 radical (unpaired) electrons. The highest BCUT2D eigenvalue weighted by Gasteiger charge is 2.36. The standard InChI is InChI=1S/C20H15FN8O/c21-13-5-3-7-22-16(13)19-25-26-20(30-19)28-9-6-14-17(24-11-23-14)18(28)15-10-12-4-1-2-8-29(12)27-15/h1-5,7-8,10-11,18H,6,9H2,(H,23,24)/t18-/m0/s1. The molecule has 6 heterocycles. The van der Waals surface area contributed by atoms with Gasteiger partial charge in [-0.15, -0.1) is 5.10 Å². The van der Waals surface area contributed by atoms with E-state index in [1.54, 1.807) is 6.33 Å². The van der Waals surface area contributed by atoms with Crippen LogP contribution >= 0.6 is 0 Å². The summed E-state index contributed by atoms with van der Waals surface area (Å²) in [6.07, 6.45) is 5.79. The molecule has 0 bridgehead atoms. The Morgan fingerprint density at radius 2 is 2.10 bits per heavy atom. The molecule has 0 spiro atoms. The lowest BCUT2D eigenvalue weighted by Gasteiger charge is -2.32. The molecular formula is C20H15FN8O. The average Bonchev–Trinajstić information content (AvgIpc) is 3.51. The predicted molar refractivity (Wildman–Crippen MR) is 104 cm³/mol. The molecule has 1 atom stereocenters. The molecule has 0 aromatic carbocycles. The Bertz CT molecular complexity index is 1320. The summed E-state index contributed by atoms with van der Waals surface area (Å²) in [5.74, 6) is -0.484. The Balaban J connectivity index is 1.45. The van der Waals surface area contributed by atoms with Crippen LogP contribution in [0.4, 0.5) is 10.4 Å². The van der Waals surface area contributed by atoms with Gasteiger partial charge in [-0.25, -0.2) is 18.9 Å². The van der Waals surface area contributed by atoms with Crippen LogP contribution < -0.4 is 4.90 Å². The van der Waals surface area contributed by atoms with Gasteiger partial charge in [0, 0.05) is 31.1 Å². The molecule has 10 heteroatoms. The number of pyridine rings is 2. The molecule has 148 valence electrons. The number of nitrogens with zero attached hydrogens (tertiary/aromatic N) is 7. The lowest BCUT2D eigenvalue weighted by atomic mass is 10.0. The first-order chi connectivity index (χ1) is 14.8. The van der Waals surface area contributed by atoms with E-state index in [2.05, 4.69) is 25.1 Å². The van der Waals surface area contributed by atoms with Crippen molar-refractivity contribution in [3.05, 3.63) is 78.0 Å². The zero-order valence-electron chi connectivity index (χ0n) is 15.6. The van der Waals surface area contributed by atoms with Gasteiger partial charge < -0.3 is 14.3 Å². The summed E-state index contributed by atoms with van der Waals surface area (Å²) in [5.41, 5.74) is 3.70. The Morgan fingerprint density at radius 3 is 3.00 bits per heavy atom. The molecule has 5 aromatic heterocycles. The van der Waals surface area contributed by atoms with Crippen molar-refractivity contribution in [2.24, 2.45) is 0 Å². The van der Waals surface area contributed by atoms with Crippen molar-refractivity contribution in [1.29, 1.82) is 0 Å². The van der Waals surface area contributed by atoms with Gasteiger partial charge in [-0.2, -0.15) is 5.10 Å². The van der Waals surface area contributed by atoms with Crippen molar-refractivity contribution >= 4 is 11.5 Å². The summed E-state index contributed by atoms with van der Waals surface area (Å²) in [6.45, 7) is 0.611. The monoisotopic (exact) mass is 402 g/mol. The third-order valence-corrected chi connectivity index (χ3v) is 5.22. The maximum Gasteiger partial charge on any atom is 0.319 e. The fourth-order valence-electron chi connectivity index (χ4n) is 3.84. The lowest BCUT2D eigenvalue weighted by molar-refractivity contribution is 0.499. The molecule has 5 aromatic rings. The molecular weight excluding hydrogens is 387 g/mol. The molecule has 1 aliphatic heterocycles. The molecule has 6 rings (SSSR count). The van der Waals surface area contributed by atoms with E-state index in [1.165, 1.54) is 18.3 Å². The van der Waals surface area contributed by atoms with E-state index in [0.29, 0.717) is 6.54 Å². The molecule has 0 aliphatic carbocycles. The smallest absolute Gasteiger partial charge is 0.319 e. The number of rotatable bonds is 3. The van der Waals surface area contributed by atoms with E-state index in [9.17, 15) is 4.39 Å². The maximum absolute atomic E-state index is 14.1. The van der Waals surface area contributed by atoms with Gasteiger partial charge in [0.1, 0.15) is 6.04 Å². The summed E-state index contributed by atoms with van der Waals surface area (Å²) >= 11 is 0. The first kappa shape index (κ1) is 16.8. The highest BCUT2D eigenvalue weighted by atomic mass is 19.1. The van der Waals surface area contributed by atoms with Crippen LogP contribution in [0.1, 0.15) is 23.1 Å². The summed E-state index contributed by atoms with van der Waals surface area (Å²) in [4.78, 5) is 13.7. The van der Waals surface area contributed by atoms with E-state index < -0.39 is 5.82 Å². The fourth-order valence-corrected chi connectivity index (χ4v) is 3.84. The van der Waals surface area contributed by atoms with Crippen molar-refractivity contribution in [3.63, 3.8) is 0 Å². The van der Waals surface area contributed by atoms with E-state index in [1.807, 2.05) is 39.9 Å². The van der Waals surface area contributed by atoms with Gasteiger partial charge in [-0.3, -0.25) is 0 Å². The first-order valence-electron chi connectivity index (χ1n) is 9.45. The number of imidazole rings is 1. The molecule has 0 saturated heterocycles. The largest absolute Gasteiger partial charge is 0.401 e. The van der Waals surface area contributed by atoms with Gasteiger partial charge in [0.05, 0.1) is 23.2 Å². The minimum atomic E-state index is -0.516. The van der Waals surface area contributed by atoms with Crippen LogP contribution in [0.5, 0.6) is 0 Å². The fraction of sp³-hybridized carbons (Fsp3) is 0.150. The number of H-pyrrole nitrogens is 1. The van der Waals surface area contributed by atoms with Gasteiger partial charge in [0.15, 0.2) is 11.5 Å². The van der Waals surface area contributed by atoms with Crippen LogP contribution in [-0.2, 0) is 6.42 Å². The molecule has 0 unspecified atom stereocenters. The van der Waals surface area contributed by atoms with Gasteiger partial charge in [0.2, 0.25) is 0 Å². The van der Waals surface area contributed by atoms with Crippen molar-refractivity contribution in [2.45, 2.75) is 12.5 Å². The van der Waals surface area contributed by atoms with Gasteiger partial charge >= 0.3 is 6.01 Å². The van der Waals surface area contributed by atoms with E-state index in [0.717, 1.165) is 29.0 Å². The summed E-state index contributed by atoms with van der Waals surface area (Å²) < 4.78 is 21.8.